The summed E-state index contributed by atoms with van der Waals surface area (Å²) in [6.07, 6.45) is 3.41. The van der Waals surface area contributed by atoms with E-state index in [0.29, 0.717) is 23.2 Å². The minimum Gasteiger partial charge on any atom is -0.408 e. The molecule has 1 fully saturated rings. The number of likely N-dealkylation sites (tertiary alicyclic amines) is 1. The van der Waals surface area contributed by atoms with Crippen LogP contribution in [-0.2, 0) is 29.2 Å². The lowest BCUT2D eigenvalue weighted by Crippen LogP contribution is -2.29. The zero-order valence-corrected chi connectivity index (χ0v) is 18.0. The molecule has 1 aromatic heterocycles. The van der Waals surface area contributed by atoms with Crippen LogP contribution in [0.4, 0.5) is 4.39 Å². The van der Waals surface area contributed by atoms with E-state index >= 15 is 0 Å². The van der Waals surface area contributed by atoms with E-state index in [1.165, 1.54) is 29.2 Å². The average Bonchev–Trinajstić information content (AvgIpc) is 2.99. The zero-order chi connectivity index (χ0) is 21.5. The largest absolute Gasteiger partial charge is 0.419 e. The number of fused-ring (bicyclic) bond motifs is 1. The molecule has 1 aliphatic rings. The highest BCUT2D eigenvalue weighted by molar-refractivity contribution is 7.90. The molecule has 0 N–H and O–H groups in total. The molecule has 1 saturated heterocycles. The number of rotatable bonds is 5. The van der Waals surface area contributed by atoms with Crippen molar-refractivity contribution in [3.05, 3.63) is 63.4 Å². The van der Waals surface area contributed by atoms with Gasteiger partial charge in [-0.05, 0) is 61.7 Å². The second kappa shape index (κ2) is 8.00. The summed E-state index contributed by atoms with van der Waals surface area (Å²) in [5.74, 6) is -1.14. The van der Waals surface area contributed by atoms with Crippen LogP contribution < -0.4 is 5.76 Å². The van der Waals surface area contributed by atoms with E-state index in [2.05, 4.69) is 4.90 Å². The Morgan fingerprint density at radius 3 is 2.53 bits per heavy atom. The van der Waals surface area contributed by atoms with E-state index < -0.39 is 15.6 Å². The van der Waals surface area contributed by atoms with Crippen LogP contribution in [0.5, 0.6) is 0 Å². The van der Waals surface area contributed by atoms with Crippen LogP contribution in [0, 0.1) is 12.7 Å². The summed E-state index contributed by atoms with van der Waals surface area (Å²) >= 11 is 0. The number of piperidine rings is 1. The van der Waals surface area contributed by atoms with Crippen molar-refractivity contribution in [3.63, 3.8) is 0 Å². The van der Waals surface area contributed by atoms with Gasteiger partial charge in [0.05, 0.1) is 16.2 Å². The van der Waals surface area contributed by atoms with Crippen molar-refractivity contribution in [2.24, 2.45) is 7.05 Å². The molecule has 4 rings (SSSR count). The van der Waals surface area contributed by atoms with Gasteiger partial charge in [0.15, 0.2) is 15.4 Å². The maximum atomic E-state index is 13.5. The minimum atomic E-state index is -3.71. The van der Waals surface area contributed by atoms with Gasteiger partial charge in [0, 0.05) is 19.7 Å². The molecular formula is C22H25FN2O4S. The molecule has 8 heteroatoms. The number of oxazole rings is 1. The number of sulfone groups is 1. The Morgan fingerprint density at radius 2 is 1.83 bits per heavy atom. The first-order valence-electron chi connectivity index (χ1n) is 10.1. The van der Waals surface area contributed by atoms with Crippen molar-refractivity contribution >= 4 is 20.9 Å². The number of halogens is 1. The van der Waals surface area contributed by atoms with Gasteiger partial charge in [0.1, 0.15) is 5.82 Å². The SMILES string of the molecule is Cc1cc(CS(=O)(=O)c2cc(CN3CCCCC3)c3c(c2)oc(=O)n3C)ccc1F. The number of nitrogens with zero attached hydrogens (tertiary/aromatic N) is 2. The Bertz CT molecular complexity index is 1250. The Labute approximate surface area is 174 Å². The summed E-state index contributed by atoms with van der Waals surface area (Å²) in [5.41, 5.74) is 2.57. The van der Waals surface area contributed by atoms with Crippen LogP contribution >= 0.6 is 0 Å². The molecular weight excluding hydrogens is 407 g/mol. The lowest BCUT2D eigenvalue weighted by Gasteiger charge is -2.26. The molecule has 3 aromatic rings. The highest BCUT2D eigenvalue weighted by Crippen LogP contribution is 2.27. The van der Waals surface area contributed by atoms with Crippen molar-refractivity contribution in [2.75, 3.05) is 13.1 Å². The van der Waals surface area contributed by atoms with Crippen LogP contribution in [0.3, 0.4) is 0 Å². The van der Waals surface area contributed by atoms with Gasteiger partial charge in [0.2, 0.25) is 0 Å². The zero-order valence-electron chi connectivity index (χ0n) is 17.2. The van der Waals surface area contributed by atoms with Gasteiger partial charge >= 0.3 is 5.76 Å². The summed E-state index contributed by atoms with van der Waals surface area (Å²) in [6, 6.07) is 7.37. The first kappa shape index (κ1) is 20.8. The normalized spacial score (nSPS) is 15.7. The number of hydrogen-bond donors (Lipinski definition) is 0. The van der Waals surface area contributed by atoms with Crippen molar-refractivity contribution < 1.29 is 17.2 Å². The Balaban J connectivity index is 1.76. The van der Waals surface area contributed by atoms with Crippen molar-refractivity contribution in [2.45, 2.75) is 43.4 Å². The molecule has 0 spiro atoms. The summed E-state index contributed by atoms with van der Waals surface area (Å²) in [6.45, 7) is 4.05. The summed E-state index contributed by atoms with van der Waals surface area (Å²) in [5, 5.41) is 0. The summed E-state index contributed by atoms with van der Waals surface area (Å²) in [7, 11) is -2.09. The third-order valence-corrected chi connectivity index (χ3v) is 7.38. The second-order valence-corrected chi connectivity index (χ2v) is 10.0. The fraction of sp³-hybridized carbons (Fsp3) is 0.409. The molecule has 2 aromatic carbocycles. The van der Waals surface area contributed by atoms with E-state index in [4.69, 9.17) is 4.42 Å². The monoisotopic (exact) mass is 432 g/mol. The van der Waals surface area contributed by atoms with Crippen LogP contribution in [0.1, 0.15) is 36.0 Å². The van der Waals surface area contributed by atoms with Gasteiger partial charge in [-0.1, -0.05) is 18.6 Å². The number of aromatic nitrogens is 1. The van der Waals surface area contributed by atoms with Gasteiger partial charge in [0.25, 0.3) is 0 Å². The number of benzene rings is 2. The maximum Gasteiger partial charge on any atom is 0.419 e. The maximum absolute atomic E-state index is 13.5. The molecule has 30 heavy (non-hydrogen) atoms. The highest BCUT2D eigenvalue weighted by atomic mass is 32.2. The van der Waals surface area contributed by atoms with Crippen molar-refractivity contribution in [1.29, 1.82) is 0 Å². The summed E-state index contributed by atoms with van der Waals surface area (Å²) in [4.78, 5) is 14.5. The Morgan fingerprint density at radius 1 is 1.10 bits per heavy atom. The van der Waals surface area contributed by atoms with Crippen LogP contribution in [-0.4, -0.2) is 31.0 Å². The third-order valence-electron chi connectivity index (χ3n) is 5.71. The van der Waals surface area contributed by atoms with Crippen LogP contribution in [0.2, 0.25) is 0 Å². The van der Waals surface area contributed by atoms with Crippen molar-refractivity contribution in [3.8, 4) is 0 Å². The molecule has 160 valence electrons. The van der Waals surface area contributed by atoms with Crippen LogP contribution in [0.15, 0.2) is 44.4 Å². The fourth-order valence-corrected chi connectivity index (χ4v) is 5.50. The molecule has 2 heterocycles. The minimum absolute atomic E-state index is 0.110. The van der Waals surface area contributed by atoms with Gasteiger partial charge in [-0.2, -0.15) is 0 Å². The fourth-order valence-electron chi connectivity index (χ4n) is 4.11. The van der Waals surface area contributed by atoms with Gasteiger partial charge < -0.3 is 4.42 Å². The average molecular weight is 433 g/mol. The summed E-state index contributed by atoms with van der Waals surface area (Å²) < 4.78 is 46.6. The van der Waals surface area contributed by atoms with E-state index in [9.17, 15) is 17.6 Å². The van der Waals surface area contributed by atoms with Gasteiger partial charge in [-0.3, -0.25) is 9.47 Å². The lowest BCUT2D eigenvalue weighted by atomic mass is 10.1. The smallest absolute Gasteiger partial charge is 0.408 e. The topological polar surface area (TPSA) is 72.5 Å². The third kappa shape index (κ3) is 4.06. The molecule has 6 nitrogen and oxygen atoms in total. The van der Waals surface area contributed by atoms with E-state index in [0.717, 1.165) is 31.5 Å². The van der Waals surface area contributed by atoms with Crippen LogP contribution in [0.25, 0.3) is 11.1 Å². The molecule has 0 aliphatic carbocycles. The first-order chi connectivity index (χ1) is 14.2. The van der Waals surface area contributed by atoms with Gasteiger partial charge in [-0.25, -0.2) is 17.6 Å². The standard InChI is InChI=1S/C22H25FN2O4S/c1-15-10-16(6-7-19(15)23)14-30(27,28)18-11-17(13-25-8-4-3-5-9-25)21-20(12-18)29-22(26)24(21)2/h6-7,10-12H,3-5,8-9,13-14H2,1-2H3. The molecule has 0 unspecified atom stereocenters. The Kier molecular flexibility index (Phi) is 5.55. The molecule has 0 amide bonds. The molecule has 0 atom stereocenters. The number of hydrogen-bond acceptors (Lipinski definition) is 5. The molecule has 1 aliphatic heterocycles. The molecule has 0 bridgehead atoms. The second-order valence-electron chi connectivity index (χ2n) is 8.04. The molecule has 0 saturated carbocycles. The van der Waals surface area contributed by atoms with E-state index in [1.54, 1.807) is 26.1 Å². The van der Waals surface area contributed by atoms with E-state index in [-0.39, 0.29) is 22.0 Å². The predicted octanol–water partition coefficient (Wildman–Crippen LogP) is 3.54. The first-order valence-corrected chi connectivity index (χ1v) is 11.7. The van der Waals surface area contributed by atoms with Crippen molar-refractivity contribution in [1.82, 2.24) is 9.47 Å². The number of aryl methyl sites for hydroxylation is 2. The molecule has 0 radical (unpaired) electrons. The predicted molar refractivity (Wildman–Crippen MR) is 113 cm³/mol. The lowest BCUT2D eigenvalue weighted by molar-refractivity contribution is 0.221. The highest BCUT2D eigenvalue weighted by Gasteiger charge is 2.23. The Hall–Kier alpha value is -2.45. The van der Waals surface area contributed by atoms with E-state index in [1.807, 2.05) is 0 Å². The quantitative estimate of drug-likeness (QED) is 0.617. The van der Waals surface area contributed by atoms with Gasteiger partial charge in [-0.15, -0.1) is 0 Å².